The third-order valence-electron chi connectivity index (χ3n) is 2.34. The molecule has 2 N–H and O–H groups in total. The molecule has 0 spiro atoms. The number of amides is 2. The first kappa shape index (κ1) is 17.5. The van der Waals surface area contributed by atoms with Gasteiger partial charge in [-0.15, -0.1) is 0 Å². The molecule has 0 aromatic heterocycles. The van der Waals surface area contributed by atoms with E-state index < -0.39 is 30.8 Å². The van der Waals surface area contributed by atoms with Crippen LogP contribution in [0, 0.1) is 5.92 Å². The van der Waals surface area contributed by atoms with E-state index in [0.29, 0.717) is 4.90 Å². The number of nitrogens with zero attached hydrogens (tertiary/aromatic N) is 1. The van der Waals surface area contributed by atoms with Gasteiger partial charge < -0.3 is 15.3 Å². The van der Waals surface area contributed by atoms with Crippen molar-refractivity contribution >= 4 is 12.0 Å². The highest BCUT2D eigenvalue weighted by atomic mass is 19.4. The van der Waals surface area contributed by atoms with Gasteiger partial charge in [-0.25, -0.2) is 9.59 Å². The molecule has 0 saturated heterocycles. The summed E-state index contributed by atoms with van der Waals surface area (Å²) < 4.78 is 36.7. The molecule has 0 fully saturated rings. The quantitative estimate of drug-likeness (QED) is 0.784. The summed E-state index contributed by atoms with van der Waals surface area (Å²) in [5.41, 5.74) is 0. The van der Waals surface area contributed by atoms with Gasteiger partial charge in [-0.05, 0) is 19.3 Å². The Morgan fingerprint density at radius 1 is 1.32 bits per heavy atom. The van der Waals surface area contributed by atoms with Gasteiger partial charge in [-0.1, -0.05) is 13.8 Å². The van der Waals surface area contributed by atoms with Crippen LogP contribution in [0.25, 0.3) is 0 Å². The van der Waals surface area contributed by atoms with Crippen LogP contribution in [0.1, 0.15) is 27.2 Å². The van der Waals surface area contributed by atoms with Crippen molar-refractivity contribution in [1.82, 2.24) is 10.2 Å². The van der Waals surface area contributed by atoms with Crippen molar-refractivity contribution in [2.75, 3.05) is 13.1 Å². The number of hydrogen-bond donors (Lipinski definition) is 2. The Balaban J connectivity index is 4.64. The first-order valence-corrected chi connectivity index (χ1v) is 5.91. The summed E-state index contributed by atoms with van der Waals surface area (Å²) in [5.74, 6) is -1.26. The first-order chi connectivity index (χ1) is 8.56. The molecule has 5 nitrogen and oxygen atoms in total. The van der Waals surface area contributed by atoms with Gasteiger partial charge in [0.15, 0.2) is 0 Å². The Hall–Kier alpha value is -1.47. The average Bonchev–Trinajstić information content (AvgIpc) is 2.22. The molecule has 0 radical (unpaired) electrons. The van der Waals surface area contributed by atoms with Gasteiger partial charge in [0.05, 0.1) is 0 Å². The van der Waals surface area contributed by atoms with Gasteiger partial charge in [0.2, 0.25) is 0 Å². The predicted octanol–water partition coefficient (Wildman–Crippen LogP) is 2.08. The van der Waals surface area contributed by atoms with Crippen LogP contribution < -0.4 is 5.32 Å². The fourth-order valence-electron chi connectivity index (χ4n) is 1.48. The summed E-state index contributed by atoms with van der Waals surface area (Å²) >= 11 is 0. The Labute approximate surface area is 109 Å². The second-order valence-corrected chi connectivity index (χ2v) is 4.60. The number of carboxylic acids is 1. The molecule has 0 rings (SSSR count). The molecule has 0 aliphatic heterocycles. The third-order valence-corrected chi connectivity index (χ3v) is 2.34. The van der Waals surface area contributed by atoms with Crippen LogP contribution in [0.2, 0.25) is 0 Å². The standard InChI is InChI=1S/C11H19F3N2O3/c1-4-16(6-11(12,13)14)10(19)15-8(9(17)18)5-7(2)3/h7-8H,4-6H2,1-3H3,(H,15,19)(H,17,18)/t8-/m0/s1. The van der Waals surface area contributed by atoms with Crippen LogP contribution in [0.5, 0.6) is 0 Å². The van der Waals surface area contributed by atoms with Crippen LogP contribution in [-0.4, -0.2) is 47.3 Å². The molecule has 19 heavy (non-hydrogen) atoms. The average molecular weight is 284 g/mol. The number of alkyl halides is 3. The van der Waals surface area contributed by atoms with Crippen LogP contribution in [0.15, 0.2) is 0 Å². The van der Waals surface area contributed by atoms with Crippen LogP contribution in [0.4, 0.5) is 18.0 Å². The van der Waals surface area contributed by atoms with Gasteiger partial charge in [0.1, 0.15) is 12.6 Å². The number of urea groups is 1. The number of hydrogen-bond acceptors (Lipinski definition) is 2. The zero-order valence-corrected chi connectivity index (χ0v) is 11.1. The number of aliphatic carboxylic acids is 1. The van der Waals surface area contributed by atoms with E-state index >= 15 is 0 Å². The molecule has 1 atom stereocenters. The highest BCUT2D eigenvalue weighted by Gasteiger charge is 2.33. The van der Waals surface area contributed by atoms with Crippen LogP contribution in [0.3, 0.4) is 0 Å². The molecular weight excluding hydrogens is 265 g/mol. The molecule has 0 aromatic rings. The van der Waals surface area contributed by atoms with Gasteiger partial charge in [0, 0.05) is 6.54 Å². The van der Waals surface area contributed by atoms with Crippen molar-refractivity contribution in [3.8, 4) is 0 Å². The minimum atomic E-state index is -4.51. The van der Waals surface area contributed by atoms with E-state index in [0.717, 1.165) is 0 Å². The van der Waals surface area contributed by atoms with Crippen molar-refractivity contribution in [3.05, 3.63) is 0 Å². The maximum Gasteiger partial charge on any atom is 0.406 e. The molecule has 8 heteroatoms. The van der Waals surface area contributed by atoms with Crippen molar-refractivity contribution in [1.29, 1.82) is 0 Å². The molecule has 112 valence electrons. The second kappa shape index (κ2) is 7.20. The fourth-order valence-corrected chi connectivity index (χ4v) is 1.48. The molecule has 0 aliphatic carbocycles. The van der Waals surface area contributed by atoms with Crippen molar-refractivity contribution in [2.24, 2.45) is 5.92 Å². The first-order valence-electron chi connectivity index (χ1n) is 5.91. The molecule has 0 aromatic carbocycles. The molecule has 0 aliphatic rings. The van der Waals surface area contributed by atoms with Gasteiger partial charge in [-0.2, -0.15) is 13.2 Å². The number of carbonyl (C=O) groups excluding carboxylic acids is 1. The Morgan fingerprint density at radius 3 is 2.16 bits per heavy atom. The maximum absolute atomic E-state index is 12.2. The number of rotatable bonds is 6. The Morgan fingerprint density at radius 2 is 1.84 bits per heavy atom. The SMILES string of the molecule is CCN(CC(F)(F)F)C(=O)N[C@@H](CC(C)C)C(=O)O. The maximum atomic E-state index is 12.2. The number of halogens is 3. The van der Waals surface area contributed by atoms with E-state index in [1.807, 2.05) is 0 Å². The van der Waals surface area contributed by atoms with E-state index in [9.17, 15) is 22.8 Å². The van der Waals surface area contributed by atoms with Gasteiger partial charge in [-0.3, -0.25) is 0 Å². The molecule has 0 heterocycles. The monoisotopic (exact) mass is 284 g/mol. The lowest BCUT2D eigenvalue weighted by Gasteiger charge is -2.25. The summed E-state index contributed by atoms with van der Waals surface area (Å²) in [6, 6.07) is -2.21. The zero-order valence-electron chi connectivity index (χ0n) is 11.1. The van der Waals surface area contributed by atoms with E-state index in [4.69, 9.17) is 5.11 Å². The number of carbonyl (C=O) groups is 2. The summed E-state index contributed by atoms with van der Waals surface area (Å²) in [7, 11) is 0. The highest BCUT2D eigenvalue weighted by molar-refractivity contribution is 5.82. The minimum absolute atomic E-state index is 0.000840. The highest BCUT2D eigenvalue weighted by Crippen LogP contribution is 2.16. The van der Waals surface area contributed by atoms with Gasteiger partial charge >= 0.3 is 18.2 Å². The van der Waals surface area contributed by atoms with Crippen molar-refractivity contribution in [3.63, 3.8) is 0 Å². The van der Waals surface area contributed by atoms with Crippen LogP contribution >= 0.6 is 0 Å². The lowest BCUT2D eigenvalue weighted by atomic mass is 10.0. The van der Waals surface area contributed by atoms with E-state index in [1.165, 1.54) is 6.92 Å². The van der Waals surface area contributed by atoms with Crippen molar-refractivity contribution < 1.29 is 27.9 Å². The summed E-state index contributed by atoms with van der Waals surface area (Å²) in [5, 5.41) is 11.0. The lowest BCUT2D eigenvalue weighted by molar-refractivity contribution is -0.141. The van der Waals surface area contributed by atoms with E-state index in [-0.39, 0.29) is 18.9 Å². The van der Waals surface area contributed by atoms with E-state index in [1.54, 1.807) is 13.8 Å². The van der Waals surface area contributed by atoms with E-state index in [2.05, 4.69) is 5.32 Å². The van der Waals surface area contributed by atoms with Crippen LogP contribution in [-0.2, 0) is 4.79 Å². The zero-order chi connectivity index (χ0) is 15.2. The normalized spacial score (nSPS) is 13.2. The third kappa shape index (κ3) is 7.53. The molecule has 0 bridgehead atoms. The number of carboxylic acid groups (broad SMARTS) is 1. The summed E-state index contributed by atoms with van der Waals surface area (Å²) in [6.07, 6.45) is -4.35. The second-order valence-electron chi connectivity index (χ2n) is 4.60. The lowest BCUT2D eigenvalue weighted by Crippen LogP contribution is -2.50. The molecule has 2 amide bonds. The molecular formula is C11H19F3N2O3. The fraction of sp³-hybridized carbons (Fsp3) is 0.818. The summed E-state index contributed by atoms with van der Waals surface area (Å²) in [4.78, 5) is 23.0. The summed E-state index contributed by atoms with van der Waals surface area (Å²) in [6.45, 7) is 3.36. The molecule has 0 unspecified atom stereocenters. The smallest absolute Gasteiger partial charge is 0.406 e. The Bertz CT molecular complexity index is 319. The largest absolute Gasteiger partial charge is 0.480 e. The Kier molecular flexibility index (Phi) is 6.64. The minimum Gasteiger partial charge on any atom is -0.480 e. The van der Waals surface area contributed by atoms with Crippen molar-refractivity contribution in [2.45, 2.75) is 39.4 Å². The van der Waals surface area contributed by atoms with Gasteiger partial charge in [0.25, 0.3) is 0 Å². The topological polar surface area (TPSA) is 69.6 Å². The predicted molar refractivity (Wildman–Crippen MR) is 62.7 cm³/mol. The number of nitrogens with one attached hydrogen (secondary N) is 1. The molecule has 0 saturated carbocycles.